The molecule has 2 aliphatic heterocycles. The normalized spacial score (nSPS) is 16.9. The van der Waals surface area contributed by atoms with E-state index >= 15 is 0 Å². The van der Waals surface area contributed by atoms with Crippen molar-refractivity contribution >= 4 is 48.5 Å². The van der Waals surface area contributed by atoms with E-state index in [4.69, 9.17) is 30.3 Å². The van der Waals surface area contributed by atoms with Gasteiger partial charge in [-0.15, -0.1) is 0 Å². The second-order valence-electron chi connectivity index (χ2n) is 12.7. The smallest absolute Gasteiger partial charge is 0.202 e. The molecule has 6 heterocycles. The van der Waals surface area contributed by atoms with E-state index < -0.39 is 0 Å². The third-order valence-corrected chi connectivity index (χ3v) is 10.9. The Labute approximate surface area is 278 Å². The third kappa shape index (κ3) is 6.68. The predicted octanol–water partition coefficient (Wildman–Crippen LogP) is 6.22. The minimum atomic E-state index is 0.281. The fraction of sp³-hybridized carbons (Fsp3) is 0.471. The number of nitrogens with one attached hydrogen (secondary N) is 1. The number of nitrogens with zero attached hydrogens (tertiary/aromatic N) is 6. The van der Waals surface area contributed by atoms with Gasteiger partial charge in [0.2, 0.25) is 5.13 Å². The van der Waals surface area contributed by atoms with Crippen LogP contribution in [0.25, 0.3) is 31.4 Å². The molecule has 2 fully saturated rings. The summed E-state index contributed by atoms with van der Waals surface area (Å²) in [5.74, 6) is 9.03. The first-order valence-corrected chi connectivity index (χ1v) is 17.9. The zero-order valence-electron chi connectivity index (χ0n) is 26.7. The summed E-state index contributed by atoms with van der Waals surface area (Å²) in [5, 5.41) is 7.03. The van der Waals surface area contributed by atoms with Crippen LogP contribution < -0.4 is 25.6 Å². The van der Waals surface area contributed by atoms with Gasteiger partial charge in [-0.1, -0.05) is 42.6 Å². The van der Waals surface area contributed by atoms with Crippen LogP contribution in [0.2, 0.25) is 0 Å². The van der Waals surface area contributed by atoms with Crippen LogP contribution >= 0.6 is 22.7 Å². The van der Waals surface area contributed by atoms with Crippen molar-refractivity contribution in [3.05, 3.63) is 53.7 Å². The molecule has 242 valence electrons. The van der Waals surface area contributed by atoms with Gasteiger partial charge in [0, 0.05) is 18.8 Å². The van der Waals surface area contributed by atoms with Crippen LogP contribution in [0.5, 0.6) is 11.5 Å². The highest BCUT2D eigenvalue weighted by Gasteiger charge is 2.28. The van der Waals surface area contributed by atoms with Crippen molar-refractivity contribution in [1.82, 2.24) is 30.2 Å². The molecule has 0 radical (unpaired) electrons. The van der Waals surface area contributed by atoms with Crippen LogP contribution in [-0.2, 0) is 6.54 Å². The molecule has 46 heavy (non-hydrogen) atoms. The van der Waals surface area contributed by atoms with Gasteiger partial charge in [0.15, 0.2) is 11.5 Å². The average Bonchev–Trinajstić information content (AvgIpc) is 3.71. The summed E-state index contributed by atoms with van der Waals surface area (Å²) < 4.78 is 11.6. The molecular weight excluding hydrogens is 617 g/mol. The van der Waals surface area contributed by atoms with E-state index in [9.17, 15) is 0 Å². The van der Waals surface area contributed by atoms with Gasteiger partial charge in [0.1, 0.15) is 31.4 Å². The standard InChI is InChI=1S/C34H42N8O2S2/c1-21(2)20-44-29-17-22(6-7-28(29)43-3)19-41-15-10-23(11-16-41)25-18-27-32(46-34(39-27)42(35)24-8-13-36-14-9-24)40-30(25)33-38-26-5-4-12-37-31(26)45-33/h4-7,12,17-18,21,23-24,36H,8-11,13-16,19-20,35H2,1-3H3. The second-order valence-corrected chi connectivity index (χ2v) is 14.7. The van der Waals surface area contributed by atoms with Crippen LogP contribution in [0.15, 0.2) is 42.6 Å². The molecule has 10 nitrogen and oxygen atoms in total. The predicted molar refractivity (Wildman–Crippen MR) is 187 cm³/mol. The molecule has 2 saturated heterocycles. The molecule has 3 N–H and O–H groups in total. The summed E-state index contributed by atoms with van der Waals surface area (Å²) in [6.45, 7) is 9.79. The number of likely N-dealkylation sites (tertiary alicyclic amines) is 1. The van der Waals surface area contributed by atoms with Crippen molar-refractivity contribution in [2.24, 2.45) is 11.8 Å². The number of aromatic nitrogens is 4. The van der Waals surface area contributed by atoms with Crippen molar-refractivity contribution in [3.63, 3.8) is 0 Å². The van der Waals surface area contributed by atoms with Gasteiger partial charge >= 0.3 is 0 Å². The molecule has 0 aliphatic carbocycles. The Morgan fingerprint density at radius 2 is 1.80 bits per heavy atom. The molecule has 2 aliphatic rings. The lowest BCUT2D eigenvalue weighted by Crippen LogP contribution is -2.47. The minimum Gasteiger partial charge on any atom is -0.493 e. The number of hydrazine groups is 1. The first kappa shape index (κ1) is 31.2. The highest BCUT2D eigenvalue weighted by atomic mass is 32.1. The number of benzene rings is 1. The largest absolute Gasteiger partial charge is 0.493 e. The number of rotatable bonds is 10. The van der Waals surface area contributed by atoms with E-state index in [2.05, 4.69) is 47.2 Å². The van der Waals surface area contributed by atoms with Crippen molar-refractivity contribution in [2.45, 2.75) is 58.0 Å². The van der Waals surface area contributed by atoms with Crippen LogP contribution in [0.3, 0.4) is 0 Å². The van der Waals surface area contributed by atoms with Gasteiger partial charge in [0.05, 0.1) is 13.7 Å². The van der Waals surface area contributed by atoms with Gasteiger partial charge in [-0.05, 0) is 105 Å². The quantitative estimate of drug-likeness (QED) is 0.132. The van der Waals surface area contributed by atoms with Crippen molar-refractivity contribution < 1.29 is 9.47 Å². The number of ether oxygens (including phenoxy) is 2. The lowest BCUT2D eigenvalue weighted by atomic mass is 9.88. The molecular formula is C34H42N8O2S2. The summed E-state index contributed by atoms with van der Waals surface area (Å²) in [7, 11) is 1.69. The first-order chi connectivity index (χ1) is 22.4. The highest BCUT2D eigenvalue weighted by Crippen LogP contribution is 2.41. The maximum absolute atomic E-state index is 6.64. The number of methoxy groups -OCH3 is 1. The molecule has 1 aromatic carbocycles. The van der Waals surface area contributed by atoms with Gasteiger partial charge < -0.3 is 14.8 Å². The Kier molecular flexibility index (Phi) is 9.32. The summed E-state index contributed by atoms with van der Waals surface area (Å²) in [5.41, 5.74) is 5.24. The third-order valence-electron chi connectivity index (χ3n) is 8.93. The Morgan fingerprint density at radius 1 is 0.978 bits per heavy atom. The van der Waals surface area contributed by atoms with Gasteiger partial charge in [0.25, 0.3) is 0 Å². The lowest BCUT2D eigenvalue weighted by Gasteiger charge is -2.32. The number of nitrogens with two attached hydrogens (primary N) is 1. The number of piperidine rings is 2. The highest BCUT2D eigenvalue weighted by molar-refractivity contribution is 7.22. The number of thiazole rings is 2. The molecule has 12 heteroatoms. The fourth-order valence-electron chi connectivity index (χ4n) is 6.42. The van der Waals surface area contributed by atoms with E-state index in [1.165, 1.54) is 11.1 Å². The molecule has 0 bridgehead atoms. The number of hydrogen-bond donors (Lipinski definition) is 2. The number of fused-ring (bicyclic) bond motifs is 2. The van der Waals surface area contributed by atoms with Crippen molar-refractivity contribution in [1.29, 1.82) is 0 Å². The second kappa shape index (κ2) is 13.7. The molecule has 0 unspecified atom stereocenters. The van der Waals surface area contributed by atoms with Crippen LogP contribution in [0.4, 0.5) is 5.13 Å². The Balaban J connectivity index is 1.14. The molecule has 0 amide bonds. The fourth-order valence-corrected chi connectivity index (χ4v) is 8.26. The zero-order valence-corrected chi connectivity index (χ0v) is 28.4. The molecule has 0 spiro atoms. The lowest BCUT2D eigenvalue weighted by molar-refractivity contribution is 0.204. The Morgan fingerprint density at radius 3 is 2.57 bits per heavy atom. The van der Waals surface area contributed by atoms with E-state index in [1.54, 1.807) is 29.8 Å². The number of anilines is 1. The van der Waals surface area contributed by atoms with Gasteiger partial charge in [-0.2, -0.15) is 0 Å². The van der Waals surface area contributed by atoms with Gasteiger partial charge in [-0.3, -0.25) is 9.91 Å². The summed E-state index contributed by atoms with van der Waals surface area (Å²) in [6, 6.07) is 12.8. The molecule has 0 atom stereocenters. The minimum absolute atomic E-state index is 0.281. The van der Waals surface area contributed by atoms with E-state index in [-0.39, 0.29) is 6.04 Å². The molecule has 4 aromatic heterocycles. The van der Waals surface area contributed by atoms with Crippen LogP contribution in [0, 0.1) is 5.92 Å². The van der Waals surface area contributed by atoms with Crippen LogP contribution in [-0.4, -0.2) is 70.8 Å². The summed E-state index contributed by atoms with van der Waals surface area (Å²) in [6.07, 6.45) is 5.91. The number of hydrogen-bond acceptors (Lipinski definition) is 12. The van der Waals surface area contributed by atoms with Gasteiger partial charge in [-0.25, -0.2) is 25.8 Å². The Bertz CT molecular complexity index is 1760. The molecule has 7 rings (SSSR count). The molecule has 5 aromatic rings. The molecule has 0 saturated carbocycles. The number of pyridine rings is 2. The Hall–Kier alpha value is -3.42. The zero-order chi connectivity index (χ0) is 31.6. The van der Waals surface area contributed by atoms with Crippen molar-refractivity contribution in [2.75, 3.05) is 44.9 Å². The summed E-state index contributed by atoms with van der Waals surface area (Å²) in [4.78, 5) is 24.2. The SMILES string of the molecule is COc1ccc(CN2CCC(c3cc4nc(N(N)C5CCNCC5)sc4nc3-c3nc4cccnc4s3)CC2)cc1OCC(C)C. The van der Waals surface area contributed by atoms with E-state index in [1.807, 2.05) is 29.4 Å². The average molecular weight is 659 g/mol. The topological polar surface area (TPSA) is 115 Å². The van der Waals surface area contributed by atoms with E-state index in [0.29, 0.717) is 18.4 Å². The maximum atomic E-state index is 6.64. The van der Waals surface area contributed by atoms with Crippen molar-refractivity contribution in [3.8, 4) is 22.2 Å². The van der Waals surface area contributed by atoms with E-state index in [0.717, 1.165) is 106 Å². The maximum Gasteiger partial charge on any atom is 0.202 e. The summed E-state index contributed by atoms with van der Waals surface area (Å²) >= 11 is 3.18. The first-order valence-electron chi connectivity index (χ1n) is 16.2. The monoisotopic (exact) mass is 658 g/mol. The van der Waals surface area contributed by atoms with Crippen LogP contribution in [0.1, 0.15) is 56.6 Å².